The molecule has 6 heteroatoms. The lowest BCUT2D eigenvalue weighted by atomic mass is 10.3. The van der Waals surface area contributed by atoms with Gasteiger partial charge in [0.25, 0.3) is 5.91 Å². The second kappa shape index (κ2) is 5.37. The minimum atomic E-state index is -0.125. The first-order valence-corrected chi connectivity index (χ1v) is 7.26. The first kappa shape index (κ1) is 12.9. The standard InChI is InChI=1S/C11H9Br2NO2S/c1-14(5-8-4-7(12)6-17-8)11(15)9-2-3-10(13)16-9/h2-4,6H,5H2,1H3. The molecule has 90 valence electrons. The van der Waals surface area contributed by atoms with Crippen LogP contribution in [0.4, 0.5) is 0 Å². The van der Waals surface area contributed by atoms with Crippen molar-refractivity contribution in [1.29, 1.82) is 0 Å². The molecule has 2 heterocycles. The van der Waals surface area contributed by atoms with Crippen LogP contribution in [0, 0.1) is 0 Å². The van der Waals surface area contributed by atoms with Crippen LogP contribution >= 0.6 is 43.2 Å². The third-order valence-electron chi connectivity index (χ3n) is 2.15. The summed E-state index contributed by atoms with van der Waals surface area (Å²) < 4.78 is 6.83. The molecule has 0 radical (unpaired) electrons. The van der Waals surface area contributed by atoms with E-state index in [4.69, 9.17) is 4.42 Å². The number of carbonyl (C=O) groups is 1. The first-order valence-electron chi connectivity index (χ1n) is 4.80. The molecule has 0 aliphatic rings. The van der Waals surface area contributed by atoms with Gasteiger partial charge in [0.2, 0.25) is 0 Å². The Morgan fingerprint density at radius 3 is 2.76 bits per heavy atom. The van der Waals surface area contributed by atoms with Gasteiger partial charge in [0.05, 0.1) is 6.54 Å². The zero-order valence-corrected chi connectivity index (χ0v) is 12.9. The first-order chi connectivity index (χ1) is 8.06. The molecule has 0 saturated heterocycles. The fourth-order valence-corrected chi connectivity index (χ4v) is 3.17. The quantitative estimate of drug-likeness (QED) is 0.804. The highest BCUT2D eigenvalue weighted by molar-refractivity contribution is 9.10. The van der Waals surface area contributed by atoms with Gasteiger partial charge in [0.15, 0.2) is 10.4 Å². The average molecular weight is 379 g/mol. The largest absolute Gasteiger partial charge is 0.444 e. The number of furan rings is 1. The van der Waals surface area contributed by atoms with Crippen LogP contribution < -0.4 is 0 Å². The van der Waals surface area contributed by atoms with Crippen LogP contribution in [-0.4, -0.2) is 17.9 Å². The van der Waals surface area contributed by atoms with Crippen LogP contribution in [-0.2, 0) is 6.54 Å². The van der Waals surface area contributed by atoms with Crippen molar-refractivity contribution in [2.75, 3.05) is 7.05 Å². The smallest absolute Gasteiger partial charge is 0.289 e. The SMILES string of the molecule is CN(Cc1cc(Br)cs1)C(=O)c1ccc(Br)o1. The molecule has 17 heavy (non-hydrogen) atoms. The molecule has 0 saturated carbocycles. The summed E-state index contributed by atoms with van der Waals surface area (Å²) in [4.78, 5) is 14.7. The maximum atomic E-state index is 12.0. The molecule has 0 aliphatic heterocycles. The van der Waals surface area contributed by atoms with Crippen LogP contribution in [0.2, 0.25) is 0 Å². The van der Waals surface area contributed by atoms with Crippen molar-refractivity contribution in [3.63, 3.8) is 0 Å². The monoisotopic (exact) mass is 377 g/mol. The Hall–Kier alpha value is -0.590. The van der Waals surface area contributed by atoms with Crippen molar-refractivity contribution < 1.29 is 9.21 Å². The lowest BCUT2D eigenvalue weighted by Gasteiger charge is -2.14. The molecule has 2 aromatic rings. The van der Waals surface area contributed by atoms with Crippen LogP contribution in [0.15, 0.2) is 37.1 Å². The van der Waals surface area contributed by atoms with Crippen LogP contribution in [0.1, 0.15) is 15.4 Å². The van der Waals surface area contributed by atoms with Crippen LogP contribution in [0.25, 0.3) is 0 Å². The van der Waals surface area contributed by atoms with Crippen molar-refractivity contribution in [1.82, 2.24) is 4.90 Å². The predicted octanol–water partition coefficient (Wildman–Crippen LogP) is 4.14. The summed E-state index contributed by atoms with van der Waals surface area (Å²) in [5.74, 6) is 0.218. The number of halogens is 2. The van der Waals surface area contributed by atoms with E-state index in [1.807, 2.05) is 11.4 Å². The zero-order valence-electron chi connectivity index (χ0n) is 8.94. The van der Waals surface area contributed by atoms with Gasteiger partial charge in [-0.25, -0.2) is 0 Å². The highest BCUT2D eigenvalue weighted by Crippen LogP contribution is 2.22. The number of thiophene rings is 1. The van der Waals surface area contributed by atoms with E-state index in [9.17, 15) is 4.79 Å². The van der Waals surface area contributed by atoms with E-state index >= 15 is 0 Å². The lowest BCUT2D eigenvalue weighted by Crippen LogP contribution is -2.25. The normalized spacial score (nSPS) is 10.5. The van der Waals surface area contributed by atoms with Crippen molar-refractivity contribution in [3.8, 4) is 0 Å². The summed E-state index contributed by atoms with van der Waals surface area (Å²) in [6.45, 7) is 0.577. The van der Waals surface area contributed by atoms with Crippen LogP contribution in [0.3, 0.4) is 0 Å². The van der Waals surface area contributed by atoms with E-state index in [0.717, 1.165) is 9.35 Å². The fraction of sp³-hybridized carbons (Fsp3) is 0.182. The Bertz CT molecular complexity index is 535. The summed E-state index contributed by atoms with van der Waals surface area (Å²) in [5, 5.41) is 2.00. The Morgan fingerprint density at radius 1 is 1.47 bits per heavy atom. The topological polar surface area (TPSA) is 33.5 Å². The van der Waals surface area contributed by atoms with E-state index in [1.54, 1.807) is 35.4 Å². The van der Waals surface area contributed by atoms with Crippen molar-refractivity contribution in [2.45, 2.75) is 6.54 Å². The maximum absolute atomic E-state index is 12.0. The summed E-state index contributed by atoms with van der Waals surface area (Å²) >= 11 is 8.18. The molecule has 2 rings (SSSR count). The van der Waals surface area contributed by atoms with Crippen molar-refractivity contribution in [3.05, 3.63) is 43.4 Å². The zero-order chi connectivity index (χ0) is 12.4. The van der Waals surface area contributed by atoms with Gasteiger partial charge in [-0.1, -0.05) is 0 Å². The number of nitrogens with zero attached hydrogens (tertiary/aromatic N) is 1. The third kappa shape index (κ3) is 3.20. The molecule has 0 N–H and O–H groups in total. The Kier molecular flexibility index (Phi) is 4.06. The molecule has 1 amide bonds. The molecule has 0 bridgehead atoms. The summed E-state index contributed by atoms with van der Waals surface area (Å²) in [6, 6.07) is 5.38. The maximum Gasteiger partial charge on any atom is 0.289 e. The second-order valence-electron chi connectivity index (χ2n) is 3.50. The number of hydrogen-bond donors (Lipinski definition) is 0. The fourth-order valence-electron chi connectivity index (χ4n) is 1.36. The minimum Gasteiger partial charge on any atom is -0.444 e. The second-order valence-corrected chi connectivity index (χ2v) is 6.19. The van der Waals surface area contributed by atoms with Crippen molar-refractivity contribution >= 4 is 49.1 Å². The van der Waals surface area contributed by atoms with E-state index < -0.39 is 0 Å². The van der Waals surface area contributed by atoms with Gasteiger partial charge >= 0.3 is 0 Å². The third-order valence-corrected chi connectivity index (χ3v) is 4.25. The van der Waals surface area contributed by atoms with Crippen molar-refractivity contribution in [2.24, 2.45) is 0 Å². The molecule has 0 fully saturated rings. The number of carbonyl (C=O) groups excluding carboxylic acids is 1. The van der Waals surface area contributed by atoms with Gasteiger partial charge in [0.1, 0.15) is 0 Å². The van der Waals surface area contributed by atoms with Gasteiger partial charge in [-0.15, -0.1) is 11.3 Å². The van der Waals surface area contributed by atoms with E-state index in [2.05, 4.69) is 31.9 Å². The summed E-state index contributed by atoms with van der Waals surface area (Å²) in [6.07, 6.45) is 0. The van der Waals surface area contributed by atoms with Gasteiger partial charge in [-0.05, 0) is 50.1 Å². The molecule has 2 aromatic heterocycles. The Balaban J connectivity index is 2.05. The number of rotatable bonds is 3. The Labute approximate surface area is 120 Å². The molecule has 3 nitrogen and oxygen atoms in total. The summed E-state index contributed by atoms with van der Waals surface area (Å²) in [7, 11) is 1.76. The molecular weight excluding hydrogens is 370 g/mol. The van der Waals surface area contributed by atoms with E-state index in [1.165, 1.54) is 0 Å². The van der Waals surface area contributed by atoms with E-state index in [0.29, 0.717) is 17.0 Å². The molecular formula is C11H9Br2NO2S. The van der Waals surface area contributed by atoms with Crippen LogP contribution in [0.5, 0.6) is 0 Å². The molecule has 0 atom stereocenters. The number of hydrogen-bond acceptors (Lipinski definition) is 3. The number of amides is 1. The van der Waals surface area contributed by atoms with Gasteiger partial charge in [-0.2, -0.15) is 0 Å². The average Bonchev–Trinajstić information content (AvgIpc) is 2.87. The molecule has 0 unspecified atom stereocenters. The minimum absolute atomic E-state index is 0.125. The Morgan fingerprint density at radius 2 is 2.24 bits per heavy atom. The van der Waals surface area contributed by atoms with Gasteiger partial charge in [-0.3, -0.25) is 4.79 Å². The highest BCUT2D eigenvalue weighted by Gasteiger charge is 2.16. The summed E-state index contributed by atoms with van der Waals surface area (Å²) in [5.41, 5.74) is 0. The van der Waals surface area contributed by atoms with E-state index in [-0.39, 0.29) is 5.91 Å². The molecule has 0 spiro atoms. The predicted molar refractivity (Wildman–Crippen MR) is 74.2 cm³/mol. The van der Waals surface area contributed by atoms with Gasteiger partial charge in [0, 0.05) is 21.8 Å². The molecule has 0 aliphatic carbocycles. The van der Waals surface area contributed by atoms with Gasteiger partial charge < -0.3 is 9.32 Å². The lowest BCUT2D eigenvalue weighted by molar-refractivity contribution is 0.0753. The highest BCUT2D eigenvalue weighted by atomic mass is 79.9. The molecule has 0 aromatic carbocycles.